The Bertz CT molecular complexity index is 523. The van der Waals surface area contributed by atoms with Gasteiger partial charge in [0.05, 0.1) is 9.62 Å². The molecule has 0 amide bonds. The summed E-state index contributed by atoms with van der Waals surface area (Å²) in [4.78, 5) is 9.93. The fourth-order valence-electron chi connectivity index (χ4n) is 1.24. The van der Waals surface area contributed by atoms with Gasteiger partial charge in [-0.3, -0.25) is 10.1 Å². The average molecular weight is 212 g/mol. The van der Waals surface area contributed by atoms with E-state index in [0.717, 1.165) is 11.3 Å². The third-order valence-corrected chi connectivity index (χ3v) is 2.91. The number of nitrogens with zero attached hydrogens (tertiary/aromatic N) is 1. The van der Waals surface area contributed by atoms with Gasteiger partial charge in [-0.15, -0.1) is 11.3 Å². The maximum Gasteiger partial charge on any atom is 0.293 e. The first-order valence-corrected chi connectivity index (χ1v) is 4.59. The van der Waals surface area contributed by atoms with Crippen LogP contribution in [0.2, 0.25) is 0 Å². The predicted octanol–water partition coefficient (Wildman–Crippen LogP) is 2.53. The van der Waals surface area contributed by atoms with Gasteiger partial charge in [0.2, 0.25) is 0 Å². The first-order valence-electron chi connectivity index (χ1n) is 3.71. The molecule has 0 bridgehead atoms. The van der Waals surface area contributed by atoms with E-state index in [0.29, 0.717) is 10.1 Å². The third-order valence-electron chi connectivity index (χ3n) is 1.91. The second kappa shape index (κ2) is 2.91. The number of benzene rings is 1. The molecule has 0 aliphatic carbocycles. The van der Waals surface area contributed by atoms with E-state index in [2.05, 4.69) is 0 Å². The van der Waals surface area contributed by atoms with Crippen molar-refractivity contribution in [1.29, 1.82) is 0 Å². The number of hydrogen-bond acceptors (Lipinski definition) is 4. The molecule has 0 spiro atoms. The predicted molar refractivity (Wildman–Crippen MR) is 52.8 cm³/mol. The number of anilines is 1. The van der Waals surface area contributed by atoms with E-state index >= 15 is 0 Å². The Hall–Kier alpha value is -1.69. The van der Waals surface area contributed by atoms with Crippen molar-refractivity contribution in [3.05, 3.63) is 33.4 Å². The lowest BCUT2D eigenvalue weighted by Crippen LogP contribution is -1.95. The van der Waals surface area contributed by atoms with Gasteiger partial charge < -0.3 is 5.73 Å². The maximum absolute atomic E-state index is 13.0. The van der Waals surface area contributed by atoms with E-state index in [9.17, 15) is 14.5 Å². The smallest absolute Gasteiger partial charge is 0.293 e. The van der Waals surface area contributed by atoms with Crippen LogP contribution in [0.1, 0.15) is 0 Å². The van der Waals surface area contributed by atoms with Crippen molar-refractivity contribution in [3.63, 3.8) is 0 Å². The molecule has 0 atom stereocenters. The van der Waals surface area contributed by atoms with Crippen molar-refractivity contribution >= 4 is 32.8 Å². The van der Waals surface area contributed by atoms with Crippen molar-refractivity contribution in [2.45, 2.75) is 0 Å². The summed E-state index contributed by atoms with van der Waals surface area (Å²) in [6, 6.07) is 2.59. The van der Waals surface area contributed by atoms with Crippen molar-refractivity contribution in [2.24, 2.45) is 0 Å². The van der Waals surface area contributed by atoms with Crippen LogP contribution in [0, 0.1) is 15.9 Å². The number of hydrogen-bond donors (Lipinski definition) is 1. The minimum atomic E-state index is -0.577. The van der Waals surface area contributed by atoms with Gasteiger partial charge in [0, 0.05) is 16.8 Å². The Morgan fingerprint density at radius 1 is 1.50 bits per heavy atom. The fraction of sp³-hybridized carbons (Fsp3) is 0. The minimum Gasteiger partial charge on any atom is -0.392 e. The summed E-state index contributed by atoms with van der Waals surface area (Å²) in [6.45, 7) is 0. The summed E-state index contributed by atoms with van der Waals surface area (Å²) >= 11 is 1.07. The Kier molecular flexibility index (Phi) is 1.85. The van der Waals surface area contributed by atoms with Gasteiger partial charge >= 0.3 is 0 Å². The number of thiophene rings is 1. The largest absolute Gasteiger partial charge is 0.392 e. The summed E-state index contributed by atoms with van der Waals surface area (Å²) < 4.78 is 13.5. The van der Waals surface area contributed by atoms with E-state index in [1.54, 1.807) is 0 Å². The highest BCUT2D eigenvalue weighted by atomic mass is 32.1. The molecule has 0 unspecified atom stereocenters. The van der Waals surface area contributed by atoms with Gasteiger partial charge in [0.15, 0.2) is 0 Å². The molecular formula is C8H5FN2O2S. The lowest BCUT2D eigenvalue weighted by atomic mass is 10.2. The zero-order valence-electron chi connectivity index (χ0n) is 6.86. The quantitative estimate of drug-likeness (QED) is 0.448. The van der Waals surface area contributed by atoms with Gasteiger partial charge in [0.25, 0.3) is 5.69 Å². The molecule has 2 aromatic rings. The standard InChI is InChI=1S/C8H5FN2O2S/c9-5-3-14-8-4(5)1-2-6(7(8)10)11(12)13/h1-3H,10H2. The minimum absolute atomic E-state index is 0.0291. The highest BCUT2D eigenvalue weighted by Crippen LogP contribution is 2.35. The number of nitro benzene ring substituents is 1. The molecular weight excluding hydrogens is 207 g/mol. The van der Waals surface area contributed by atoms with Gasteiger partial charge in [0.1, 0.15) is 11.5 Å². The van der Waals surface area contributed by atoms with Crippen molar-refractivity contribution in [2.75, 3.05) is 5.73 Å². The van der Waals surface area contributed by atoms with Crippen molar-refractivity contribution in [3.8, 4) is 0 Å². The monoisotopic (exact) mass is 212 g/mol. The van der Waals surface area contributed by atoms with Gasteiger partial charge in [-0.1, -0.05) is 0 Å². The summed E-state index contributed by atoms with van der Waals surface area (Å²) in [7, 11) is 0. The first kappa shape index (κ1) is 8.89. The highest BCUT2D eigenvalue weighted by Gasteiger charge is 2.16. The lowest BCUT2D eigenvalue weighted by molar-refractivity contribution is -0.383. The summed E-state index contributed by atoms with van der Waals surface area (Å²) in [5, 5.41) is 12.1. The molecule has 0 saturated heterocycles. The van der Waals surface area contributed by atoms with E-state index in [4.69, 9.17) is 5.73 Å². The number of fused-ring (bicyclic) bond motifs is 1. The number of halogens is 1. The van der Waals surface area contributed by atoms with Crippen LogP contribution < -0.4 is 5.73 Å². The van der Waals surface area contributed by atoms with Crippen LogP contribution in [0.15, 0.2) is 17.5 Å². The third kappa shape index (κ3) is 1.12. The summed E-state index contributed by atoms with van der Waals surface area (Å²) in [6.07, 6.45) is 0. The average Bonchev–Trinajstić information content (AvgIpc) is 2.49. The van der Waals surface area contributed by atoms with Crippen LogP contribution in [-0.4, -0.2) is 4.92 Å². The normalized spacial score (nSPS) is 10.6. The summed E-state index contributed by atoms with van der Waals surface area (Å²) in [5.74, 6) is -0.397. The first-order chi connectivity index (χ1) is 6.61. The zero-order chi connectivity index (χ0) is 10.3. The topological polar surface area (TPSA) is 69.2 Å². The van der Waals surface area contributed by atoms with E-state index in [1.807, 2.05) is 0 Å². The lowest BCUT2D eigenvalue weighted by Gasteiger charge is -1.97. The SMILES string of the molecule is Nc1c([N+](=O)[O-])ccc2c(F)csc12. The maximum atomic E-state index is 13.0. The van der Waals surface area contributed by atoms with Gasteiger partial charge in [-0.25, -0.2) is 4.39 Å². The number of nitro groups is 1. The molecule has 2 rings (SSSR count). The Morgan fingerprint density at radius 3 is 2.86 bits per heavy atom. The second-order valence-corrected chi connectivity index (χ2v) is 3.60. The van der Waals surface area contributed by atoms with Gasteiger partial charge in [-0.2, -0.15) is 0 Å². The molecule has 6 heteroatoms. The van der Waals surface area contributed by atoms with Crippen LogP contribution in [0.5, 0.6) is 0 Å². The molecule has 0 aliphatic rings. The molecule has 0 fully saturated rings. The molecule has 2 N–H and O–H groups in total. The highest BCUT2D eigenvalue weighted by molar-refractivity contribution is 7.17. The van der Waals surface area contributed by atoms with Crippen LogP contribution in [0.4, 0.5) is 15.8 Å². The molecule has 14 heavy (non-hydrogen) atoms. The summed E-state index contributed by atoms with van der Waals surface area (Å²) in [5.41, 5.74) is 5.38. The number of nitrogen functional groups attached to an aromatic ring is 1. The van der Waals surface area contributed by atoms with Crippen LogP contribution in [0.25, 0.3) is 10.1 Å². The molecule has 72 valence electrons. The fourth-order valence-corrected chi connectivity index (χ4v) is 2.11. The molecule has 0 aliphatic heterocycles. The Morgan fingerprint density at radius 2 is 2.21 bits per heavy atom. The molecule has 0 radical (unpaired) electrons. The number of nitrogens with two attached hydrogens (primary N) is 1. The Balaban J connectivity index is 2.82. The Labute approximate surface area is 81.9 Å². The number of rotatable bonds is 1. The second-order valence-electron chi connectivity index (χ2n) is 2.72. The molecule has 1 heterocycles. The van der Waals surface area contributed by atoms with Crippen LogP contribution in [-0.2, 0) is 0 Å². The molecule has 1 aromatic carbocycles. The van der Waals surface area contributed by atoms with Crippen molar-refractivity contribution in [1.82, 2.24) is 0 Å². The van der Waals surface area contributed by atoms with Crippen molar-refractivity contribution < 1.29 is 9.31 Å². The van der Waals surface area contributed by atoms with E-state index in [-0.39, 0.29) is 11.4 Å². The molecule has 1 aromatic heterocycles. The zero-order valence-corrected chi connectivity index (χ0v) is 7.68. The van der Waals surface area contributed by atoms with E-state index < -0.39 is 10.7 Å². The van der Waals surface area contributed by atoms with Gasteiger partial charge in [-0.05, 0) is 6.07 Å². The molecule has 4 nitrogen and oxygen atoms in total. The van der Waals surface area contributed by atoms with Crippen LogP contribution in [0.3, 0.4) is 0 Å². The molecule has 0 saturated carbocycles. The van der Waals surface area contributed by atoms with E-state index in [1.165, 1.54) is 17.5 Å². The van der Waals surface area contributed by atoms with Crippen LogP contribution >= 0.6 is 11.3 Å².